The summed E-state index contributed by atoms with van der Waals surface area (Å²) < 4.78 is 29.2. The van der Waals surface area contributed by atoms with E-state index in [0.717, 1.165) is 0 Å². The molecule has 1 aliphatic heterocycles. The van der Waals surface area contributed by atoms with Gasteiger partial charge in [-0.15, -0.1) is 0 Å². The topological polar surface area (TPSA) is 136 Å². The van der Waals surface area contributed by atoms with Gasteiger partial charge in [0.05, 0.1) is 10.8 Å². The van der Waals surface area contributed by atoms with E-state index in [1.807, 2.05) is 0 Å². The van der Waals surface area contributed by atoms with Crippen LogP contribution in [-0.4, -0.2) is 39.6 Å². The number of nitrogens with zero attached hydrogens (tertiary/aromatic N) is 4. The van der Waals surface area contributed by atoms with Crippen LogP contribution in [0, 0.1) is 19.8 Å². The molecular formula is C20H20N6O4S2. The number of thioether (sulfide) groups is 1. The lowest BCUT2D eigenvalue weighted by Crippen LogP contribution is -2.36. The van der Waals surface area contributed by atoms with Gasteiger partial charge in [0.2, 0.25) is 5.91 Å². The molecule has 0 fully saturated rings. The molecule has 0 aliphatic carbocycles. The number of hydrogen-bond donors (Lipinski definition) is 2. The van der Waals surface area contributed by atoms with E-state index in [1.165, 1.54) is 52.9 Å². The average Bonchev–Trinajstić information content (AvgIpc) is 2.73. The first-order valence-electron chi connectivity index (χ1n) is 9.66. The number of sulfonamides is 1. The summed E-state index contributed by atoms with van der Waals surface area (Å²) in [5.41, 5.74) is 0.906. The molecule has 10 nitrogen and oxygen atoms in total. The summed E-state index contributed by atoms with van der Waals surface area (Å²) in [6, 6.07) is 8.74. The van der Waals surface area contributed by atoms with E-state index in [0.29, 0.717) is 28.1 Å². The third kappa shape index (κ3) is 4.81. The number of amides is 1. The second-order valence-corrected chi connectivity index (χ2v) is 9.91. The second-order valence-electron chi connectivity index (χ2n) is 7.25. The molecule has 166 valence electrons. The number of benzene rings is 1. The summed E-state index contributed by atoms with van der Waals surface area (Å²) in [6.07, 6.45) is 1.46. The van der Waals surface area contributed by atoms with E-state index < -0.39 is 15.9 Å². The van der Waals surface area contributed by atoms with Crippen molar-refractivity contribution in [3.63, 3.8) is 0 Å². The Hall–Kier alpha value is -3.25. The maximum Gasteiger partial charge on any atom is 0.263 e. The monoisotopic (exact) mass is 472 g/mol. The van der Waals surface area contributed by atoms with Gasteiger partial charge in [-0.25, -0.2) is 23.4 Å². The van der Waals surface area contributed by atoms with Gasteiger partial charge in [0, 0.05) is 42.0 Å². The molecule has 12 heteroatoms. The summed E-state index contributed by atoms with van der Waals surface area (Å²) in [6.45, 7) is 3.67. The van der Waals surface area contributed by atoms with Crippen molar-refractivity contribution in [2.24, 2.45) is 5.92 Å². The van der Waals surface area contributed by atoms with Crippen LogP contribution in [0.4, 0.5) is 11.5 Å². The van der Waals surface area contributed by atoms with Crippen molar-refractivity contribution in [2.45, 2.75) is 30.4 Å². The molecule has 1 amide bonds. The minimum atomic E-state index is -3.85. The van der Waals surface area contributed by atoms with E-state index in [2.05, 4.69) is 25.0 Å². The molecule has 0 saturated heterocycles. The van der Waals surface area contributed by atoms with E-state index in [-0.39, 0.29) is 28.7 Å². The molecule has 4 rings (SSSR count). The standard InChI is InChI=1S/C20H20N6O4S2/c1-12-9-17(23-13(2)22-12)25-32(29,30)16-5-3-15(4-6-16)24-19(28)14-10-26-18(27)7-8-21-20(26)31-11-14/h3-9,14H,10-11H2,1-2H3,(H,24,28)(H,22,23,25). The highest BCUT2D eigenvalue weighted by Crippen LogP contribution is 2.26. The molecule has 2 N–H and O–H groups in total. The Morgan fingerprint density at radius 1 is 1.16 bits per heavy atom. The van der Waals surface area contributed by atoms with Gasteiger partial charge >= 0.3 is 0 Å². The lowest BCUT2D eigenvalue weighted by molar-refractivity contribution is -0.119. The van der Waals surface area contributed by atoms with E-state index in [1.54, 1.807) is 19.9 Å². The van der Waals surface area contributed by atoms with Crippen molar-refractivity contribution in [1.82, 2.24) is 19.5 Å². The van der Waals surface area contributed by atoms with E-state index in [4.69, 9.17) is 0 Å². The van der Waals surface area contributed by atoms with E-state index >= 15 is 0 Å². The highest BCUT2D eigenvalue weighted by atomic mass is 32.2. The van der Waals surface area contributed by atoms with Gasteiger partial charge < -0.3 is 5.32 Å². The van der Waals surface area contributed by atoms with Crippen LogP contribution in [-0.2, 0) is 21.4 Å². The van der Waals surface area contributed by atoms with Crippen molar-refractivity contribution >= 4 is 39.2 Å². The number of carbonyl (C=O) groups is 1. The zero-order chi connectivity index (χ0) is 22.9. The van der Waals surface area contributed by atoms with Crippen LogP contribution in [0.15, 0.2) is 57.4 Å². The molecule has 1 aromatic carbocycles. The summed E-state index contributed by atoms with van der Waals surface area (Å²) in [5.74, 6) is 0.481. The Morgan fingerprint density at radius 3 is 2.62 bits per heavy atom. The van der Waals surface area contributed by atoms with E-state index in [9.17, 15) is 18.0 Å². The van der Waals surface area contributed by atoms with Gasteiger partial charge in [0.15, 0.2) is 5.16 Å². The number of anilines is 2. The Kier molecular flexibility index (Phi) is 5.98. The highest BCUT2D eigenvalue weighted by molar-refractivity contribution is 7.99. The predicted molar refractivity (Wildman–Crippen MR) is 120 cm³/mol. The molecule has 0 bridgehead atoms. The van der Waals surface area contributed by atoms with Crippen molar-refractivity contribution in [2.75, 3.05) is 15.8 Å². The van der Waals surface area contributed by atoms with Gasteiger partial charge in [-0.05, 0) is 38.1 Å². The Labute approximate surface area is 188 Å². The fourth-order valence-corrected chi connectivity index (χ4v) is 5.29. The third-order valence-corrected chi connectivity index (χ3v) is 7.25. The Balaban J connectivity index is 1.44. The van der Waals surface area contributed by atoms with Crippen LogP contribution < -0.4 is 15.6 Å². The van der Waals surface area contributed by atoms with Gasteiger partial charge in [0.1, 0.15) is 11.6 Å². The lowest BCUT2D eigenvalue weighted by atomic mass is 10.1. The van der Waals surface area contributed by atoms with Crippen LogP contribution in [0.5, 0.6) is 0 Å². The zero-order valence-corrected chi connectivity index (χ0v) is 18.9. The molecule has 32 heavy (non-hydrogen) atoms. The van der Waals surface area contributed by atoms with Crippen LogP contribution in [0.2, 0.25) is 0 Å². The number of aryl methyl sites for hydroxylation is 2. The molecule has 1 unspecified atom stereocenters. The average molecular weight is 473 g/mol. The normalized spacial score (nSPS) is 15.6. The second kappa shape index (κ2) is 8.71. The van der Waals surface area contributed by atoms with Gasteiger partial charge in [-0.2, -0.15) is 0 Å². The summed E-state index contributed by atoms with van der Waals surface area (Å²) in [4.78, 5) is 37.1. The number of rotatable bonds is 5. The minimum Gasteiger partial charge on any atom is -0.326 e. The summed E-state index contributed by atoms with van der Waals surface area (Å²) in [7, 11) is -3.85. The van der Waals surface area contributed by atoms with Gasteiger partial charge in [-0.3, -0.25) is 18.9 Å². The number of aromatic nitrogens is 4. The van der Waals surface area contributed by atoms with Crippen LogP contribution in [0.1, 0.15) is 11.5 Å². The molecular weight excluding hydrogens is 452 g/mol. The quantitative estimate of drug-likeness (QED) is 0.537. The predicted octanol–water partition coefficient (Wildman–Crippen LogP) is 1.81. The van der Waals surface area contributed by atoms with Crippen LogP contribution >= 0.6 is 11.8 Å². The molecule has 0 radical (unpaired) electrons. The van der Waals surface area contributed by atoms with Crippen molar-refractivity contribution in [3.8, 4) is 0 Å². The number of hydrogen-bond acceptors (Lipinski definition) is 8. The molecule has 0 saturated carbocycles. The summed E-state index contributed by atoms with van der Waals surface area (Å²) >= 11 is 1.35. The molecule has 3 aromatic rings. The Morgan fingerprint density at radius 2 is 1.91 bits per heavy atom. The molecule has 1 atom stereocenters. The molecule has 0 spiro atoms. The molecule has 2 aromatic heterocycles. The molecule has 1 aliphatic rings. The van der Waals surface area contributed by atoms with Crippen molar-refractivity contribution in [1.29, 1.82) is 0 Å². The van der Waals surface area contributed by atoms with Crippen molar-refractivity contribution in [3.05, 3.63) is 64.5 Å². The maximum atomic E-state index is 12.7. The van der Waals surface area contributed by atoms with Gasteiger partial charge in [0.25, 0.3) is 15.6 Å². The third-order valence-electron chi connectivity index (χ3n) is 4.72. The number of carbonyl (C=O) groups excluding carboxylic acids is 1. The lowest BCUT2D eigenvalue weighted by Gasteiger charge is -2.23. The number of nitrogens with one attached hydrogen (secondary N) is 2. The smallest absolute Gasteiger partial charge is 0.263 e. The largest absolute Gasteiger partial charge is 0.326 e. The van der Waals surface area contributed by atoms with Crippen molar-refractivity contribution < 1.29 is 13.2 Å². The molecule has 3 heterocycles. The van der Waals surface area contributed by atoms with Crippen LogP contribution in [0.25, 0.3) is 0 Å². The fraction of sp³-hybridized carbons (Fsp3) is 0.250. The number of fused-ring (bicyclic) bond motifs is 1. The first kappa shape index (κ1) is 22.0. The van der Waals surface area contributed by atoms with Gasteiger partial charge in [-0.1, -0.05) is 11.8 Å². The highest BCUT2D eigenvalue weighted by Gasteiger charge is 2.26. The first-order valence-corrected chi connectivity index (χ1v) is 12.1. The fourth-order valence-electron chi connectivity index (χ4n) is 3.24. The first-order chi connectivity index (χ1) is 15.2. The summed E-state index contributed by atoms with van der Waals surface area (Å²) in [5, 5.41) is 3.38. The SMILES string of the molecule is Cc1cc(NS(=O)(=O)c2ccc(NC(=O)C3CSc4nccc(=O)n4C3)cc2)nc(C)n1. The Bertz CT molecular complexity index is 1320. The zero-order valence-electron chi connectivity index (χ0n) is 17.3. The maximum absolute atomic E-state index is 12.7. The minimum absolute atomic E-state index is 0.0317. The van der Waals surface area contributed by atoms with Crippen LogP contribution in [0.3, 0.4) is 0 Å².